The fourth-order valence-corrected chi connectivity index (χ4v) is 4.91. The molecule has 0 aliphatic carbocycles. The molecule has 0 spiro atoms. The van der Waals surface area contributed by atoms with Crippen molar-refractivity contribution in [3.8, 4) is 0 Å². The van der Waals surface area contributed by atoms with Crippen LogP contribution in [-0.4, -0.2) is 60.8 Å². The van der Waals surface area contributed by atoms with Crippen LogP contribution in [0.3, 0.4) is 0 Å². The Balaban J connectivity index is 1.92. The molecule has 1 aliphatic rings. The molecule has 0 saturated carbocycles. The maximum absolute atomic E-state index is 13.0. The number of aryl methyl sites for hydroxylation is 2. The molecule has 2 aromatic carbocycles. The van der Waals surface area contributed by atoms with Crippen LogP contribution in [0.5, 0.6) is 0 Å². The zero-order valence-electron chi connectivity index (χ0n) is 18.2. The van der Waals surface area contributed by atoms with Crippen molar-refractivity contribution in [3.05, 3.63) is 53.1 Å². The van der Waals surface area contributed by atoms with Gasteiger partial charge in [0.05, 0.1) is 17.1 Å². The molecule has 2 aromatic rings. The summed E-state index contributed by atoms with van der Waals surface area (Å²) in [5.41, 5.74) is 3.08. The number of hydrogen-bond acceptors (Lipinski definition) is 6. The molecule has 0 aromatic heterocycles. The van der Waals surface area contributed by atoms with E-state index in [1.807, 2.05) is 13.0 Å². The largest absolute Gasteiger partial charge is 0.383 e. The van der Waals surface area contributed by atoms with Crippen molar-refractivity contribution < 1.29 is 17.9 Å². The Labute approximate surface area is 184 Å². The molecule has 1 saturated heterocycles. The topological polar surface area (TPSA) is 99.8 Å². The monoisotopic (exact) mass is 446 g/mol. The predicted molar refractivity (Wildman–Crippen MR) is 122 cm³/mol. The molecule has 9 heteroatoms. The number of carbonyl (C=O) groups is 1. The molecule has 0 radical (unpaired) electrons. The second-order valence-corrected chi connectivity index (χ2v) is 9.24. The Morgan fingerprint density at radius 3 is 2.58 bits per heavy atom. The Kier molecular flexibility index (Phi) is 7.53. The lowest BCUT2D eigenvalue weighted by molar-refractivity contribution is 0.0937. The number of nitrogens with one attached hydrogen (secondary N) is 3. The first kappa shape index (κ1) is 23.1. The van der Waals surface area contributed by atoms with E-state index >= 15 is 0 Å². The highest BCUT2D eigenvalue weighted by atomic mass is 32.2. The molecule has 31 heavy (non-hydrogen) atoms. The van der Waals surface area contributed by atoms with Crippen molar-refractivity contribution in [3.63, 3.8) is 0 Å². The number of anilines is 2. The molecule has 1 amide bonds. The molecule has 1 fully saturated rings. The highest BCUT2D eigenvalue weighted by Gasteiger charge is 2.22. The Bertz CT molecular complexity index is 1030. The molecule has 0 atom stereocenters. The van der Waals surface area contributed by atoms with Crippen LogP contribution in [0.25, 0.3) is 0 Å². The number of piperazine rings is 1. The van der Waals surface area contributed by atoms with Crippen molar-refractivity contribution in [2.75, 3.05) is 56.1 Å². The Hall–Kier alpha value is -2.62. The van der Waals surface area contributed by atoms with Crippen molar-refractivity contribution in [2.24, 2.45) is 0 Å². The summed E-state index contributed by atoms with van der Waals surface area (Å²) in [6.45, 7) is 7.57. The van der Waals surface area contributed by atoms with E-state index in [0.29, 0.717) is 30.0 Å². The summed E-state index contributed by atoms with van der Waals surface area (Å²) in [6, 6.07) is 10.4. The van der Waals surface area contributed by atoms with Crippen LogP contribution in [0.2, 0.25) is 0 Å². The number of hydrogen-bond donors (Lipinski definition) is 3. The maximum Gasteiger partial charge on any atom is 0.262 e. The first-order valence-electron chi connectivity index (χ1n) is 10.3. The summed E-state index contributed by atoms with van der Waals surface area (Å²) in [7, 11) is -2.22. The summed E-state index contributed by atoms with van der Waals surface area (Å²) >= 11 is 0. The van der Waals surface area contributed by atoms with Crippen LogP contribution in [0.1, 0.15) is 21.5 Å². The van der Waals surface area contributed by atoms with Gasteiger partial charge in [0, 0.05) is 51.2 Å². The van der Waals surface area contributed by atoms with Gasteiger partial charge in [-0.2, -0.15) is 0 Å². The number of sulfonamides is 1. The summed E-state index contributed by atoms with van der Waals surface area (Å²) in [5.74, 6) is -0.265. The second kappa shape index (κ2) is 10.1. The summed E-state index contributed by atoms with van der Waals surface area (Å²) in [4.78, 5) is 15.2. The quantitative estimate of drug-likeness (QED) is 0.536. The predicted octanol–water partition coefficient (Wildman–Crippen LogP) is 1.89. The highest BCUT2D eigenvalue weighted by Crippen LogP contribution is 2.27. The third kappa shape index (κ3) is 5.75. The minimum Gasteiger partial charge on any atom is -0.383 e. The van der Waals surface area contributed by atoms with E-state index in [9.17, 15) is 13.2 Å². The zero-order chi connectivity index (χ0) is 22.4. The average molecular weight is 447 g/mol. The normalized spacial score (nSPS) is 14.4. The minimum atomic E-state index is -3.79. The van der Waals surface area contributed by atoms with E-state index in [1.165, 1.54) is 0 Å². The van der Waals surface area contributed by atoms with Gasteiger partial charge >= 0.3 is 0 Å². The van der Waals surface area contributed by atoms with Crippen LogP contribution in [0, 0.1) is 13.8 Å². The van der Waals surface area contributed by atoms with Crippen LogP contribution >= 0.6 is 0 Å². The fourth-order valence-electron chi connectivity index (χ4n) is 3.53. The molecule has 168 valence electrons. The van der Waals surface area contributed by atoms with Gasteiger partial charge in [0.25, 0.3) is 15.9 Å². The number of nitrogens with zero attached hydrogens (tertiary/aromatic N) is 1. The van der Waals surface area contributed by atoms with E-state index in [4.69, 9.17) is 4.74 Å². The van der Waals surface area contributed by atoms with Gasteiger partial charge in [-0.3, -0.25) is 9.52 Å². The maximum atomic E-state index is 13.0. The summed E-state index contributed by atoms with van der Waals surface area (Å²) in [5, 5.41) is 6.13. The van der Waals surface area contributed by atoms with Gasteiger partial charge in [0.1, 0.15) is 0 Å². The van der Waals surface area contributed by atoms with Crippen LogP contribution in [-0.2, 0) is 14.8 Å². The lowest BCUT2D eigenvalue weighted by atomic mass is 10.1. The van der Waals surface area contributed by atoms with Crippen LogP contribution < -0.4 is 20.3 Å². The molecule has 8 nitrogen and oxygen atoms in total. The van der Waals surface area contributed by atoms with Gasteiger partial charge in [-0.1, -0.05) is 12.1 Å². The van der Waals surface area contributed by atoms with Crippen molar-refractivity contribution in [2.45, 2.75) is 18.7 Å². The molecular formula is C22H30N4O4S. The number of benzene rings is 2. The third-order valence-corrected chi connectivity index (χ3v) is 6.70. The standard InChI is InChI=1S/C22H30N4O4S/c1-16-4-5-17(2)21(14-16)31(28,29)25-18-6-7-20(26-11-8-23-9-12-26)19(15-18)22(27)24-10-13-30-3/h4-7,14-15,23,25H,8-13H2,1-3H3,(H,24,27). The molecule has 1 aliphatic heterocycles. The average Bonchev–Trinajstić information content (AvgIpc) is 2.75. The minimum absolute atomic E-state index is 0.227. The zero-order valence-corrected chi connectivity index (χ0v) is 19.0. The summed E-state index contributed by atoms with van der Waals surface area (Å²) < 4.78 is 33.7. The first-order valence-corrected chi connectivity index (χ1v) is 11.8. The molecule has 3 N–H and O–H groups in total. The van der Waals surface area contributed by atoms with Gasteiger partial charge in [0.2, 0.25) is 0 Å². The number of methoxy groups -OCH3 is 1. The van der Waals surface area contributed by atoms with Crippen molar-refractivity contribution in [1.29, 1.82) is 0 Å². The smallest absolute Gasteiger partial charge is 0.262 e. The lowest BCUT2D eigenvalue weighted by Crippen LogP contribution is -2.44. The molecule has 1 heterocycles. The van der Waals surface area contributed by atoms with E-state index < -0.39 is 10.0 Å². The van der Waals surface area contributed by atoms with Crippen LogP contribution in [0.4, 0.5) is 11.4 Å². The molecule has 0 unspecified atom stereocenters. The molecule has 3 rings (SSSR count). The lowest BCUT2D eigenvalue weighted by Gasteiger charge is -2.31. The number of rotatable bonds is 8. The molecule has 0 bridgehead atoms. The van der Waals surface area contributed by atoms with E-state index in [-0.39, 0.29) is 10.8 Å². The van der Waals surface area contributed by atoms with Gasteiger partial charge in [-0.05, 0) is 49.2 Å². The first-order chi connectivity index (χ1) is 14.8. The Morgan fingerprint density at radius 2 is 1.87 bits per heavy atom. The highest BCUT2D eigenvalue weighted by molar-refractivity contribution is 7.92. The SMILES string of the molecule is COCCNC(=O)c1cc(NS(=O)(=O)c2cc(C)ccc2C)ccc1N1CCNCC1. The van der Waals surface area contributed by atoms with Gasteiger partial charge in [-0.15, -0.1) is 0 Å². The number of ether oxygens (including phenoxy) is 1. The van der Waals surface area contributed by atoms with E-state index in [1.54, 1.807) is 44.4 Å². The second-order valence-electron chi connectivity index (χ2n) is 7.59. The van der Waals surface area contributed by atoms with E-state index in [2.05, 4.69) is 20.3 Å². The molecular weight excluding hydrogens is 416 g/mol. The Morgan fingerprint density at radius 1 is 1.13 bits per heavy atom. The number of carbonyl (C=O) groups excluding carboxylic acids is 1. The van der Waals surface area contributed by atoms with E-state index in [0.717, 1.165) is 37.4 Å². The van der Waals surface area contributed by atoms with Crippen molar-refractivity contribution in [1.82, 2.24) is 10.6 Å². The van der Waals surface area contributed by atoms with Crippen molar-refractivity contribution >= 4 is 27.3 Å². The van der Waals surface area contributed by atoms with Gasteiger partial charge in [0.15, 0.2) is 0 Å². The third-order valence-electron chi connectivity index (χ3n) is 5.18. The van der Waals surface area contributed by atoms with Gasteiger partial charge < -0.3 is 20.3 Å². The summed E-state index contributed by atoms with van der Waals surface area (Å²) in [6.07, 6.45) is 0. The number of amides is 1. The fraction of sp³-hybridized carbons (Fsp3) is 0.409. The van der Waals surface area contributed by atoms with Gasteiger partial charge in [-0.25, -0.2) is 8.42 Å². The van der Waals surface area contributed by atoms with Crippen LogP contribution in [0.15, 0.2) is 41.3 Å².